The molecule has 16 heavy (non-hydrogen) atoms. The normalized spacial score (nSPS) is 11.8. The van der Waals surface area contributed by atoms with Gasteiger partial charge >= 0.3 is 12.0 Å². The number of primary amides is 1. The topological polar surface area (TPSA) is 92.4 Å². The SMILES string of the molecule is NC(=O)N[C@H](CCc1ccccc1)C(=O)O. The van der Waals surface area contributed by atoms with Crippen molar-refractivity contribution in [3.63, 3.8) is 0 Å². The highest BCUT2D eigenvalue weighted by molar-refractivity contribution is 5.81. The number of amides is 2. The molecule has 0 aliphatic carbocycles. The molecule has 1 atom stereocenters. The summed E-state index contributed by atoms with van der Waals surface area (Å²) in [5.41, 5.74) is 5.91. The van der Waals surface area contributed by atoms with Crippen molar-refractivity contribution in [2.45, 2.75) is 18.9 Å². The number of aliphatic carboxylic acids is 1. The van der Waals surface area contributed by atoms with E-state index in [4.69, 9.17) is 10.8 Å². The molecule has 4 N–H and O–H groups in total. The van der Waals surface area contributed by atoms with Crippen LogP contribution in [-0.4, -0.2) is 23.1 Å². The third-order valence-corrected chi connectivity index (χ3v) is 2.18. The zero-order valence-corrected chi connectivity index (χ0v) is 8.72. The zero-order valence-electron chi connectivity index (χ0n) is 8.72. The van der Waals surface area contributed by atoms with Crippen molar-refractivity contribution in [1.29, 1.82) is 0 Å². The van der Waals surface area contributed by atoms with Gasteiger partial charge in [-0.1, -0.05) is 30.3 Å². The van der Waals surface area contributed by atoms with E-state index in [1.807, 2.05) is 30.3 Å². The van der Waals surface area contributed by atoms with E-state index in [9.17, 15) is 9.59 Å². The Kier molecular flexibility index (Phi) is 4.32. The van der Waals surface area contributed by atoms with E-state index >= 15 is 0 Å². The third-order valence-electron chi connectivity index (χ3n) is 2.18. The number of carbonyl (C=O) groups is 2. The Morgan fingerprint density at radius 3 is 2.44 bits per heavy atom. The number of hydrogen-bond donors (Lipinski definition) is 3. The molecular weight excluding hydrogens is 208 g/mol. The Hall–Kier alpha value is -2.04. The molecule has 2 amide bonds. The molecule has 0 radical (unpaired) electrons. The first-order valence-corrected chi connectivity index (χ1v) is 4.92. The molecule has 0 fully saturated rings. The molecule has 1 aromatic carbocycles. The Bertz CT molecular complexity index is 365. The minimum Gasteiger partial charge on any atom is -0.480 e. The second-order valence-corrected chi connectivity index (χ2v) is 3.42. The van der Waals surface area contributed by atoms with Crippen LogP contribution in [0.5, 0.6) is 0 Å². The van der Waals surface area contributed by atoms with Crippen molar-refractivity contribution < 1.29 is 14.7 Å². The Morgan fingerprint density at radius 1 is 1.31 bits per heavy atom. The predicted molar refractivity (Wildman–Crippen MR) is 58.9 cm³/mol. The number of carboxylic acid groups (broad SMARTS) is 1. The fraction of sp³-hybridized carbons (Fsp3) is 0.273. The van der Waals surface area contributed by atoms with Gasteiger partial charge in [0, 0.05) is 0 Å². The van der Waals surface area contributed by atoms with E-state index < -0.39 is 18.0 Å². The lowest BCUT2D eigenvalue weighted by Gasteiger charge is -2.12. The molecule has 1 aromatic rings. The number of nitrogens with two attached hydrogens (primary N) is 1. The molecule has 0 saturated heterocycles. The lowest BCUT2D eigenvalue weighted by Crippen LogP contribution is -2.43. The van der Waals surface area contributed by atoms with E-state index in [0.717, 1.165) is 5.56 Å². The summed E-state index contributed by atoms with van der Waals surface area (Å²) in [6.45, 7) is 0. The standard InChI is InChI=1S/C11H14N2O3/c12-11(16)13-9(10(14)15)7-6-8-4-2-1-3-5-8/h1-5,9H,6-7H2,(H,14,15)(H3,12,13,16)/t9-/m1/s1. The molecule has 0 aliphatic rings. The number of rotatable bonds is 5. The molecular formula is C11H14N2O3. The molecule has 5 heteroatoms. The van der Waals surface area contributed by atoms with Crippen LogP contribution in [0.4, 0.5) is 4.79 Å². The molecule has 1 rings (SSSR count). The molecule has 0 aromatic heterocycles. The van der Waals surface area contributed by atoms with Gasteiger partial charge < -0.3 is 16.2 Å². The average molecular weight is 222 g/mol. The lowest BCUT2D eigenvalue weighted by molar-refractivity contribution is -0.139. The first kappa shape index (κ1) is 12.0. The highest BCUT2D eigenvalue weighted by Gasteiger charge is 2.17. The smallest absolute Gasteiger partial charge is 0.326 e. The van der Waals surface area contributed by atoms with Crippen molar-refractivity contribution in [2.75, 3.05) is 0 Å². The summed E-state index contributed by atoms with van der Waals surface area (Å²) in [7, 11) is 0. The maximum atomic E-state index is 10.8. The Labute approximate surface area is 93.3 Å². The van der Waals surface area contributed by atoms with Crippen molar-refractivity contribution in [3.05, 3.63) is 35.9 Å². The van der Waals surface area contributed by atoms with Crippen LogP contribution in [0.25, 0.3) is 0 Å². The molecule has 0 bridgehead atoms. The molecule has 0 heterocycles. The Morgan fingerprint density at radius 2 is 1.94 bits per heavy atom. The molecule has 86 valence electrons. The van der Waals surface area contributed by atoms with Gasteiger partial charge in [-0.3, -0.25) is 0 Å². The van der Waals surface area contributed by atoms with Gasteiger partial charge in [0.05, 0.1) is 0 Å². The molecule has 5 nitrogen and oxygen atoms in total. The van der Waals surface area contributed by atoms with Gasteiger partial charge in [0.2, 0.25) is 0 Å². The van der Waals surface area contributed by atoms with Crippen LogP contribution in [0.3, 0.4) is 0 Å². The summed E-state index contributed by atoms with van der Waals surface area (Å²) < 4.78 is 0. The van der Waals surface area contributed by atoms with Crippen LogP contribution in [0.1, 0.15) is 12.0 Å². The number of carboxylic acids is 1. The molecule has 0 aliphatic heterocycles. The summed E-state index contributed by atoms with van der Waals surface area (Å²) in [6.07, 6.45) is 0.903. The average Bonchev–Trinajstić information content (AvgIpc) is 2.25. The van der Waals surface area contributed by atoms with Crippen LogP contribution in [-0.2, 0) is 11.2 Å². The highest BCUT2D eigenvalue weighted by Crippen LogP contribution is 2.05. The minimum atomic E-state index is -1.07. The first-order valence-electron chi connectivity index (χ1n) is 4.92. The number of aryl methyl sites for hydroxylation is 1. The van der Waals surface area contributed by atoms with Gasteiger partial charge in [0.25, 0.3) is 0 Å². The van der Waals surface area contributed by atoms with E-state index in [-0.39, 0.29) is 0 Å². The molecule has 0 spiro atoms. The van der Waals surface area contributed by atoms with Crippen molar-refractivity contribution >= 4 is 12.0 Å². The maximum Gasteiger partial charge on any atom is 0.326 e. The van der Waals surface area contributed by atoms with Gasteiger partial charge in [-0.2, -0.15) is 0 Å². The van der Waals surface area contributed by atoms with Gasteiger partial charge in [-0.25, -0.2) is 9.59 Å². The number of nitrogens with one attached hydrogen (secondary N) is 1. The van der Waals surface area contributed by atoms with Gasteiger partial charge in [0.15, 0.2) is 0 Å². The summed E-state index contributed by atoms with van der Waals surface area (Å²) in [5, 5.41) is 11.0. The summed E-state index contributed by atoms with van der Waals surface area (Å²) >= 11 is 0. The van der Waals surface area contributed by atoms with Gasteiger partial charge in [0.1, 0.15) is 6.04 Å². The summed E-state index contributed by atoms with van der Waals surface area (Å²) in [6, 6.07) is 7.71. The Balaban J connectivity index is 2.50. The fourth-order valence-electron chi connectivity index (χ4n) is 1.38. The highest BCUT2D eigenvalue weighted by atomic mass is 16.4. The summed E-state index contributed by atoms with van der Waals surface area (Å²) in [4.78, 5) is 21.4. The van der Waals surface area contributed by atoms with Gasteiger partial charge in [-0.15, -0.1) is 0 Å². The van der Waals surface area contributed by atoms with Crippen molar-refractivity contribution in [1.82, 2.24) is 5.32 Å². The van der Waals surface area contributed by atoms with Crippen LogP contribution in [0, 0.1) is 0 Å². The predicted octanol–water partition coefficient (Wildman–Crippen LogP) is 0.741. The van der Waals surface area contributed by atoms with E-state index in [1.54, 1.807) is 0 Å². The van der Waals surface area contributed by atoms with Crippen molar-refractivity contribution in [2.24, 2.45) is 5.73 Å². The van der Waals surface area contributed by atoms with E-state index in [0.29, 0.717) is 12.8 Å². The monoisotopic (exact) mass is 222 g/mol. The molecule has 0 saturated carbocycles. The number of benzene rings is 1. The number of hydrogen-bond acceptors (Lipinski definition) is 2. The quantitative estimate of drug-likeness (QED) is 0.686. The van der Waals surface area contributed by atoms with Crippen LogP contribution in [0.2, 0.25) is 0 Å². The second kappa shape index (κ2) is 5.75. The third kappa shape index (κ3) is 4.00. The van der Waals surface area contributed by atoms with E-state index in [2.05, 4.69) is 5.32 Å². The largest absolute Gasteiger partial charge is 0.480 e. The van der Waals surface area contributed by atoms with Crippen LogP contribution in [0.15, 0.2) is 30.3 Å². The first-order chi connectivity index (χ1) is 7.59. The summed E-state index contributed by atoms with van der Waals surface area (Å²) in [5.74, 6) is -1.07. The number of carbonyl (C=O) groups excluding carboxylic acids is 1. The maximum absolute atomic E-state index is 10.8. The zero-order chi connectivity index (χ0) is 12.0. The van der Waals surface area contributed by atoms with Gasteiger partial charge in [-0.05, 0) is 18.4 Å². The van der Waals surface area contributed by atoms with E-state index in [1.165, 1.54) is 0 Å². The second-order valence-electron chi connectivity index (χ2n) is 3.42. The van der Waals surface area contributed by atoms with Crippen LogP contribution >= 0.6 is 0 Å². The lowest BCUT2D eigenvalue weighted by atomic mass is 10.1. The number of urea groups is 1. The van der Waals surface area contributed by atoms with Crippen LogP contribution < -0.4 is 11.1 Å². The fourth-order valence-corrected chi connectivity index (χ4v) is 1.38. The van der Waals surface area contributed by atoms with Crippen molar-refractivity contribution in [3.8, 4) is 0 Å². The minimum absolute atomic E-state index is 0.322. The molecule has 0 unspecified atom stereocenters.